The second-order valence-corrected chi connectivity index (χ2v) is 17.1. The molecule has 2 aliphatic carbocycles. The predicted octanol–water partition coefficient (Wildman–Crippen LogP) is 13.8. The fourth-order valence-corrected chi connectivity index (χ4v) is 11.7. The summed E-state index contributed by atoms with van der Waals surface area (Å²) in [5.74, 6) is 1.93. The minimum Gasteiger partial charge on any atom is -0.307 e. The Morgan fingerprint density at radius 3 is 1.52 bits per heavy atom. The Morgan fingerprint density at radius 2 is 0.794 bits per heavy atom. The first kappa shape index (κ1) is 33.3. The molecule has 0 bridgehead atoms. The fraction of sp³-hybridized carbons (Fsp3) is 0.0172. The van der Waals surface area contributed by atoms with Gasteiger partial charge in [-0.25, -0.2) is 15.0 Å². The average Bonchev–Trinajstić information content (AvgIpc) is 4.06. The van der Waals surface area contributed by atoms with Gasteiger partial charge in [-0.2, -0.15) is 0 Å². The van der Waals surface area contributed by atoms with E-state index in [2.05, 4.69) is 173 Å². The molecular formula is C58H33N5. The molecule has 0 aliphatic heterocycles. The summed E-state index contributed by atoms with van der Waals surface area (Å²) >= 11 is 0. The zero-order valence-electron chi connectivity index (χ0n) is 33.8. The van der Waals surface area contributed by atoms with Crippen molar-refractivity contribution in [2.75, 3.05) is 0 Å². The zero-order chi connectivity index (χ0) is 41.0. The van der Waals surface area contributed by atoms with Gasteiger partial charge in [0.25, 0.3) is 0 Å². The van der Waals surface area contributed by atoms with Crippen molar-refractivity contribution in [3.8, 4) is 45.3 Å². The van der Waals surface area contributed by atoms with Gasteiger partial charge in [-0.1, -0.05) is 176 Å². The van der Waals surface area contributed by atoms with E-state index in [4.69, 9.17) is 15.0 Å². The number of nitrogens with zero attached hydrogens (tertiary/aromatic N) is 5. The second-order valence-electron chi connectivity index (χ2n) is 17.1. The van der Waals surface area contributed by atoms with Crippen LogP contribution in [0.4, 0.5) is 0 Å². The van der Waals surface area contributed by atoms with Crippen LogP contribution in [0.25, 0.3) is 111 Å². The van der Waals surface area contributed by atoms with Crippen LogP contribution in [0.1, 0.15) is 22.3 Å². The van der Waals surface area contributed by atoms with Crippen molar-refractivity contribution in [3.05, 3.63) is 222 Å². The Kier molecular flexibility index (Phi) is 6.30. The summed E-state index contributed by atoms with van der Waals surface area (Å²) in [6.45, 7) is 0. The zero-order valence-corrected chi connectivity index (χ0v) is 33.8. The van der Waals surface area contributed by atoms with Crippen LogP contribution in [0.3, 0.4) is 0 Å². The van der Waals surface area contributed by atoms with E-state index in [9.17, 15) is 0 Å². The molecule has 4 heterocycles. The minimum atomic E-state index is -0.500. The van der Waals surface area contributed by atoms with Crippen molar-refractivity contribution in [1.29, 1.82) is 0 Å². The van der Waals surface area contributed by atoms with Crippen LogP contribution in [0.2, 0.25) is 0 Å². The van der Waals surface area contributed by atoms with E-state index < -0.39 is 5.41 Å². The minimum absolute atomic E-state index is 0.500. The van der Waals surface area contributed by atoms with Crippen LogP contribution in [0.5, 0.6) is 0 Å². The first-order valence-electron chi connectivity index (χ1n) is 21.6. The van der Waals surface area contributed by atoms with Crippen LogP contribution in [0, 0.1) is 0 Å². The van der Waals surface area contributed by atoms with Crippen molar-refractivity contribution < 1.29 is 0 Å². The molecule has 0 fully saturated rings. The van der Waals surface area contributed by atoms with E-state index in [-0.39, 0.29) is 0 Å². The maximum Gasteiger partial charge on any atom is 0.164 e. The Balaban J connectivity index is 1.15. The van der Waals surface area contributed by atoms with Crippen molar-refractivity contribution in [2.24, 2.45) is 0 Å². The van der Waals surface area contributed by atoms with Crippen LogP contribution >= 0.6 is 0 Å². The normalized spacial score (nSPS) is 13.5. The van der Waals surface area contributed by atoms with E-state index in [1.165, 1.54) is 87.8 Å². The van der Waals surface area contributed by atoms with E-state index in [1.54, 1.807) is 0 Å². The van der Waals surface area contributed by atoms with Crippen molar-refractivity contribution in [1.82, 2.24) is 23.8 Å². The van der Waals surface area contributed by atoms with Crippen LogP contribution in [-0.4, -0.2) is 23.8 Å². The molecule has 5 heteroatoms. The Labute approximate surface area is 360 Å². The highest BCUT2D eigenvalue weighted by atomic mass is 15.0. The molecule has 9 aromatic carbocycles. The highest BCUT2D eigenvalue weighted by molar-refractivity contribution is 6.27. The quantitative estimate of drug-likeness (QED) is 0.179. The van der Waals surface area contributed by atoms with Crippen molar-refractivity contribution >= 4 is 65.4 Å². The number of hydrogen-bond donors (Lipinski definition) is 0. The SMILES string of the molecule is c1ccc(-c2nc(-c3ccccc3)nc(-c3ccc4c5ccc6c7c8c(cccc8n8c9ccccc9c9cccc(c98)n(c4c3)c57)C63c4ccccc4-c4ccccc43)n2)cc1. The third kappa shape index (κ3) is 4.10. The van der Waals surface area contributed by atoms with Gasteiger partial charge in [0.05, 0.1) is 38.5 Å². The lowest BCUT2D eigenvalue weighted by atomic mass is 9.70. The Hall–Kier alpha value is -8.41. The van der Waals surface area contributed by atoms with Gasteiger partial charge in [0.1, 0.15) is 0 Å². The van der Waals surface area contributed by atoms with Gasteiger partial charge in [-0.15, -0.1) is 0 Å². The van der Waals surface area contributed by atoms with Gasteiger partial charge < -0.3 is 8.80 Å². The van der Waals surface area contributed by atoms with Gasteiger partial charge in [-0.3, -0.25) is 0 Å². The maximum absolute atomic E-state index is 5.19. The molecule has 1 spiro atoms. The third-order valence-corrected chi connectivity index (χ3v) is 14.1. The number of benzene rings is 9. The molecule has 0 atom stereocenters. The highest BCUT2D eigenvalue weighted by Gasteiger charge is 2.51. The molecule has 4 aromatic heterocycles. The van der Waals surface area contributed by atoms with Crippen molar-refractivity contribution in [3.63, 3.8) is 0 Å². The number of rotatable bonds is 3. The number of fused-ring (bicyclic) bond motifs is 15. The lowest BCUT2D eigenvalue weighted by Gasteiger charge is -2.30. The highest BCUT2D eigenvalue weighted by Crippen LogP contribution is 2.63. The molecule has 0 radical (unpaired) electrons. The van der Waals surface area contributed by atoms with Gasteiger partial charge in [0, 0.05) is 49.0 Å². The molecule has 63 heavy (non-hydrogen) atoms. The predicted molar refractivity (Wildman–Crippen MR) is 256 cm³/mol. The largest absolute Gasteiger partial charge is 0.307 e. The Bertz CT molecular complexity index is 4040. The molecule has 0 saturated heterocycles. The summed E-state index contributed by atoms with van der Waals surface area (Å²) < 4.78 is 5.11. The average molecular weight is 800 g/mol. The number of aromatic nitrogens is 5. The molecule has 0 unspecified atom stereocenters. The van der Waals surface area contributed by atoms with Crippen LogP contribution < -0.4 is 0 Å². The summed E-state index contributed by atoms with van der Waals surface area (Å²) in [6, 6.07) is 73.0. The summed E-state index contributed by atoms with van der Waals surface area (Å²) in [6.07, 6.45) is 0. The van der Waals surface area contributed by atoms with Crippen molar-refractivity contribution in [2.45, 2.75) is 5.41 Å². The van der Waals surface area contributed by atoms with E-state index in [1.807, 2.05) is 36.4 Å². The summed E-state index contributed by atoms with van der Waals surface area (Å²) in [7, 11) is 0. The fourth-order valence-electron chi connectivity index (χ4n) is 11.7. The molecule has 13 aromatic rings. The lowest BCUT2D eigenvalue weighted by Crippen LogP contribution is -2.26. The molecule has 290 valence electrons. The molecule has 0 N–H and O–H groups in total. The van der Waals surface area contributed by atoms with Gasteiger partial charge in [0.15, 0.2) is 17.5 Å². The molecule has 0 amide bonds. The first-order valence-corrected chi connectivity index (χ1v) is 21.6. The standard InChI is InChI=1S/C58H33N5/c1-3-15-34(16-4-1)55-59-56(35-17-5-2-6-18-35)61-57(60-55)36-29-30-40-42-31-32-46-52-51-45(58(46)43-23-10-7-19-37(43)38-20-8-11-24-44(38)58)25-14-27-48(51)62-47-26-12-9-21-39(47)41-22-13-28-49(53(41)62)63(54(42)52)50(40)33-36/h1-33H. The molecule has 15 rings (SSSR count). The summed E-state index contributed by atoms with van der Waals surface area (Å²) in [4.78, 5) is 15.4. The molecule has 2 aliphatic rings. The number of hydrogen-bond acceptors (Lipinski definition) is 3. The molecular weight excluding hydrogens is 767 g/mol. The lowest BCUT2D eigenvalue weighted by molar-refractivity contribution is 0.797. The third-order valence-electron chi connectivity index (χ3n) is 14.1. The Morgan fingerprint density at radius 1 is 0.302 bits per heavy atom. The van der Waals surface area contributed by atoms with Gasteiger partial charge in [-0.05, 0) is 57.6 Å². The number of para-hydroxylation sites is 2. The molecule has 0 saturated carbocycles. The maximum atomic E-state index is 5.19. The van der Waals surface area contributed by atoms with E-state index in [0.29, 0.717) is 17.5 Å². The summed E-state index contributed by atoms with van der Waals surface area (Å²) in [5.41, 5.74) is 17.3. The van der Waals surface area contributed by atoms with Gasteiger partial charge in [0.2, 0.25) is 0 Å². The van der Waals surface area contributed by atoms with Crippen LogP contribution in [-0.2, 0) is 5.41 Å². The van der Waals surface area contributed by atoms with Gasteiger partial charge >= 0.3 is 0 Å². The van der Waals surface area contributed by atoms with Crippen LogP contribution in [0.15, 0.2) is 200 Å². The topological polar surface area (TPSA) is 47.5 Å². The first-order chi connectivity index (χ1) is 31.3. The smallest absolute Gasteiger partial charge is 0.164 e. The monoisotopic (exact) mass is 799 g/mol. The second kappa shape index (κ2) is 11.9. The van der Waals surface area contributed by atoms with E-state index >= 15 is 0 Å². The summed E-state index contributed by atoms with van der Waals surface area (Å²) in [5, 5.41) is 7.46. The molecule has 5 nitrogen and oxygen atoms in total. The van der Waals surface area contributed by atoms with E-state index in [0.717, 1.165) is 27.7 Å².